The van der Waals surface area contributed by atoms with Gasteiger partial charge < -0.3 is 9.72 Å². The third kappa shape index (κ3) is 1.53. The lowest BCUT2D eigenvalue weighted by molar-refractivity contribution is 0.407. The average Bonchev–Trinajstić information content (AvgIpc) is 3.08. The van der Waals surface area contributed by atoms with E-state index < -0.39 is 0 Å². The SMILES string of the molecule is c1ccc2c(c1)[nH]c1ccc(CC3CO3)cc12. The molecule has 4 rings (SSSR count). The molecule has 0 aliphatic carbocycles. The van der Waals surface area contributed by atoms with Crippen LogP contribution in [0.3, 0.4) is 0 Å². The molecule has 1 saturated heterocycles. The van der Waals surface area contributed by atoms with Gasteiger partial charge in [0.2, 0.25) is 0 Å². The number of hydrogen-bond donors (Lipinski definition) is 1. The van der Waals surface area contributed by atoms with Crippen molar-refractivity contribution in [1.82, 2.24) is 4.98 Å². The van der Waals surface area contributed by atoms with Crippen LogP contribution in [0.5, 0.6) is 0 Å². The number of benzene rings is 2. The van der Waals surface area contributed by atoms with Crippen LogP contribution in [0.1, 0.15) is 5.56 Å². The molecule has 84 valence electrons. The highest BCUT2D eigenvalue weighted by Crippen LogP contribution is 2.27. The van der Waals surface area contributed by atoms with Gasteiger partial charge in [-0.2, -0.15) is 0 Å². The molecule has 0 saturated carbocycles. The van der Waals surface area contributed by atoms with Crippen molar-refractivity contribution in [2.24, 2.45) is 0 Å². The van der Waals surface area contributed by atoms with E-state index in [4.69, 9.17) is 4.74 Å². The fraction of sp³-hybridized carbons (Fsp3) is 0.200. The maximum Gasteiger partial charge on any atom is 0.0850 e. The summed E-state index contributed by atoms with van der Waals surface area (Å²) in [7, 11) is 0. The predicted octanol–water partition coefficient (Wildman–Crippen LogP) is 3.26. The first-order valence-electron chi connectivity index (χ1n) is 6.01. The Morgan fingerprint density at radius 2 is 1.88 bits per heavy atom. The number of fused-ring (bicyclic) bond motifs is 3. The van der Waals surface area contributed by atoms with Gasteiger partial charge in [-0.15, -0.1) is 0 Å². The standard InChI is InChI=1S/C15H13NO/c1-2-4-14-12(3-1)13-8-10(7-11-9-17-11)5-6-15(13)16-14/h1-6,8,11,16H,7,9H2. The minimum atomic E-state index is 0.456. The Bertz CT molecular complexity index is 694. The molecule has 2 heteroatoms. The van der Waals surface area contributed by atoms with Gasteiger partial charge >= 0.3 is 0 Å². The number of para-hydroxylation sites is 1. The molecule has 17 heavy (non-hydrogen) atoms. The average molecular weight is 223 g/mol. The molecule has 1 unspecified atom stereocenters. The number of aromatic nitrogens is 1. The number of H-pyrrole nitrogens is 1. The molecule has 1 atom stereocenters. The van der Waals surface area contributed by atoms with Crippen LogP contribution in [0, 0.1) is 0 Å². The van der Waals surface area contributed by atoms with Gasteiger partial charge in [-0.3, -0.25) is 0 Å². The zero-order valence-corrected chi connectivity index (χ0v) is 9.44. The monoisotopic (exact) mass is 223 g/mol. The van der Waals surface area contributed by atoms with Crippen LogP contribution in [0.4, 0.5) is 0 Å². The molecular formula is C15H13NO. The molecule has 1 aliphatic heterocycles. The summed E-state index contributed by atoms with van der Waals surface area (Å²) in [6.45, 7) is 0.923. The van der Waals surface area contributed by atoms with Gasteiger partial charge in [0.15, 0.2) is 0 Å². The smallest absolute Gasteiger partial charge is 0.0850 e. The van der Waals surface area contributed by atoms with Crippen molar-refractivity contribution >= 4 is 21.8 Å². The largest absolute Gasteiger partial charge is 0.373 e. The first-order chi connectivity index (χ1) is 8.40. The van der Waals surface area contributed by atoms with Crippen molar-refractivity contribution in [3.8, 4) is 0 Å². The first-order valence-corrected chi connectivity index (χ1v) is 6.01. The van der Waals surface area contributed by atoms with E-state index in [-0.39, 0.29) is 0 Å². The molecular weight excluding hydrogens is 210 g/mol. The third-order valence-corrected chi connectivity index (χ3v) is 3.44. The number of aromatic amines is 1. The van der Waals surface area contributed by atoms with E-state index in [1.165, 1.54) is 27.4 Å². The van der Waals surface area contributed by atoms with Crippen molar-refractivity contribution in [3.05, 3.63) is 48.0 Å². The summed E-state index contributed by atoms with van der Waals surface area (Å²) in [6.07, 6.45) is 1.49. The van der Waals surface area contributed by atoms with E-state index in [9.17, 15) is 0 Å². The van der Waals surface area contributed by atoms with E-state index in [0.717, 1.165) is 13.0 Å². The normalized spacial score (nSPS) is 18.9. The second-order valence-corrected chi connectivity index (χ2v) is 4.71. The minimum Gasteiger partial charge on any atom is -0.373 e. The fourth-order valence-electron chi connectivity index (χ4n) is 2.47. The highest BCUT2D eigenvalue weighted by molar-refractivity contribution is 6.07. The second kappa shape index (κ2) is 3.34. The number of nitrogens with one attached hydrogen (secondary N) is 1. The fourth-order valence-corrected chi connectivity index (χ4v) is 2.47. The summed E-state index contributed by atoms with van der Waals surface area (Å²) >= 11 is 0. The molecule has 0 radical (unpaired) electrons. The van der Waals surface area contributed by atoms with Crippen LogP contribution in [-0.2, 0) is 11.2 Å². The molecule has 0 bridgehead atoms. The van der Waals surface area contributed by atoms with Crippen molar-refractivity contribution in [2.75, 3.05) is 6.61 Å². The van der Waals surface area contributed by atoms with E-state index >= 15 is 0 Å². The Morgan fingerprint density at radius 1 is 1.06 bits per heavy atom. The Balaban J connectivity index is 1.93. The lowest BCUT2D eigenvalue weighted by Crippen LogP contribution is -1.91. The Hall–Kier alpha value is -1.80. The van der Waals surface area contributed by atoms with Crippen molar-refractivity contribution in [2.45, 2.75) is 12.5 Å². The summed E-state index contributed by atoms with van der Waals surface area (Å²) < 4.78 is 5.29. The highest BCUT2D eigenvalue weighted by atomic mass is 16.6. The summed E-state index contributed by atoms with van der Waals surface area (Å²) in [5, 5.41) is 2.62. The molecule has 1 fully saturated rings. The zero-order chi connectivity index (χ0) is 11.2. The van der Waals surface area contributed by atoms with Crippen molar-refractivity contribution < 1.29 is 4.74 Å². The van der Waals surface area contributed by atoms with Gasteiger partial charge in [-0.05, 0) is 23.8 Å². The Labute approximate surface area is 99.2 Å². The van der Waals surface area contributed by atoms with Gasteiger partial charge in [0, 0.05) is 28.2 Å². The summed E-state index contributed by atoms with van der Waals surface area (Å²) in [5.41, 5.74) is 3.79. The van der Waals surface area contributed by atoms with E-state index in [2.05, 4.69) is 47.4 Å². The Morgan fingerprint density at radius 3 is 2.76 bits per heavy atom. The topological polar surface area (TPSA) is 28.3 Å². The van der Waals surface area contributed by atoms with Gasteiger partial charge in [0.25, 0.3) is 0 Å². The lowest BCUT2D eigenvalue weighted by atomic mass is 10.1. The number of hydrogen-bond acceptors (Lipinski definition) is 1. The van der Waals surface area contributed by atoms with E-state index in [0.29, 0.717) is 6.10 Å². The molecule has 2 heterocycles. The van der Waals surface area contributed by atoms with Gasteiger partial charge in [-0.25, -0.2) is 0 Å². The van der Waals surface area contributed by atoms with Crippen molar-refractivity contribution in [1.29, 1.82) is 0 Å². The van der Waals surface area contributed by atoms with Gasteiger partial charge in [-0.1, -0.05) is 24.3 Å². The molecule has 2 nitrogen and oxygen atoms in total. The molecule has 1 N–H and O–H groups in total. The van der Waals surface area contributed by atoms with Crippen LogP contribution < -0.4 is 0 Å². The third-order valence-electron chi connectivity index (χ3n) is 3.44. The van der Waals surface area contributed by atoms with E-state index in [1.807, 2.05) is 0 Å². The highest BCUT2D eigenvalue weighted by Gasteiger charge is 2.22. The minimum absolute atomic E-state index is 0.456. The maximum absolute atomic E-state index is 5.29. The van der Waals surface area contributed by atoms with Crippen molar-refractivity contribution in [3.63, 3.8) is 0 Å². The molecule has 3 aromatic rings. The quantitative estimate of drug-likeness (QED) is 0.663. The predicted molar refractivity (Wildman–Crippen MR) is 69.2 cm³/mol. The number of rotatable bonds is 2. The molecule has 1 aliphatic rings. The molecule has 0 amide bonds. The van der Waals surface area contributed by atoms with Crippen LogP contribution in [0.15, 0.2) is 42.5 Å². The van der Waals surface area contributed by atoms with E-state index in [1.54, 1.807) is 0 Å². The van der Waals surface area contributed by atoms with Crippen LogP contribution in [0.25, 0.3) is 21.8 Å². The summed E-state index contributed by atoms with van der Waals surface area (Å²) in [5.74, 6) is 0. The second-order valence-electron chi connectivity index (χ2n) is 4.71. The van der Waals surface area contributed by atoms with Crippen LogP contribution in [-0.4, -0.2) is 17.7 Å². The number of epoxide rings is 1. The molecule has 1 aromatic heterocycles. The molecule has 0 spiro atoms. The number of ether oxygens (including phenoxy) is 1. The zero-order valence-electron chi connectivity index (χ0n) is 9.44. The van der Waals surface area contributed by atoms with Crippen LogP contribution in [0.2, 0.25) is 0 Å². The summed E-state index contributed by atoms with van der Waals surface area (Å²) in [4.78, 5) is 3.44. The molecule has 2 aromatic carbocycles. The van der Waals surface area contributed by atoms with Gasteiger partial charge in [0.05, 0.1) is 12.7 Å². The maximum atomic E-state index is 5.29. The van der Waals surface area contributed by atoms with Crippen LogP contribution >= 0.6 is 0 Å². The lowest BCUT2D eigenvalue weighted by Gasteiger charge is -1.98. The summed E-state index contributed by atoms with van der Waals surface area (Å²) in [6, 6.07) is 15.1. The van der Waals surface area contributed by atoms with Gasteiger partial charge in [0.1, 0.15) is 0 Å². The Kier molecular flexibility index (Phi) is 1.82. The first kappa shape index (κ1) is 9.25.